The summed E-state index contributed by atoms with van der Waals surface area (Å²) in [5, 5.41) is 4.43. The Kier molecular flexibility index (Phi) is 4.19. The van der Waals surface area contributed by atoms with Crippen LogP contribution in [0.1, 0.15) is 0 Å². The van der Waals surface area contributed by atoms with Crippen molar-refractivity contribution in [3.8, 4) is 34.2 Å². The van der Waals surface area contributed by atoms with E-state index in [1.807, 2.05) is 53.2 Å². The van der Waals surface area contributed by atoms with E-state index in [2.05, 4.69) is 5.10 Å². The lowest BCUT2D eigenvalue weighted by atomic mass is 10.1. The summed E-state index contributed by atoms with van der Waals surface area (Å²) in [5.41, 5.74) is 2.94. The van der Waals surface area contributed by atoms with Crippen LogP contribution in [0.3, 0.4) is 0 Å². The van der Waals surface area contributed by atoms with Gasteiger partial charge in [0.15, 0.2) is 11.5 Å². The van der Waals surface area contributed by atoms with Crippen LogP contribution in [0, 0.1) is 0 Å². The molecule has 0 aliphatic heterocycles. The molecule has 3 rings (SSSR count). The Hall–Kier alpha value is -2.95. The van der Waals surface area contributed by atoms with Crippen molar-refractivity contribution in [3.63, 3.8) is 0 Å². The minimum atomic E-state index is 0.668. The van der Waals surface area contributed by atoms with Crippen molar-refractivity contribution in [3.05, 3.63) is 54.7 Å². The molecular formula is C18H18N2O3. The second-order valence-corrected chi connectivity index (χ2v) is 4.90. The summed E-state index contributed by atoms with van der Waals surface area (Å²) in [6.45, 7) is 0. The summed E-state index contributed by atoms with van der Waals surface area (Å²) in [5.74, 6) is 2.18. The quantitative estimate of drug-likeness (QED) is 0.723. The van der Waals surface area contributed by atoms with Gasteiger partial charge in [-0.15, -0.1) is 0 Å². The van der Waals surface area contributed by atoms with E-state index in [-0.39, 0.29) is 0 Å². The third-order valence-corrected chi connectivity index (χ3v) is 3.64. The Balaban J connectivity index is 2.03. The second kappa shape index (κ2) is 6.44. The number of ether oxygens (including phenoxy) is 3. The van der Waals surface area contributed by atoms with Gasteiger partial charge in [0.2, 0.25) is 0 Å². The summed E-state index contributed by atoms with van der Waals surface area (Å²) in [7, 11) is 4.90. The molecule has 2 aromatic carbocycles. The van der Waals surface area contributed by atoms with Gasteiger partial charge in [0.05, 0.1) is 38.9 Å². The highest BCUT2D eigenvalue weighted by atomic mass is 16.5. The fourth-order valence-corrected chi connectivity index (χ4v) is 2.45. The molecule has 3 aromatic rings. The van der Waals surface area contributed by atoms with E-state index in [0.717, 1.165) is 22.7 Å². The van der Waals surface area contributed by atoms with Crippen molar-refractivity contribution in [1.29, 1.82) is 0 Å². The first-order valence-corrected chi connectivity index (χ1v) is 7.17. The Morgan fingerprint density at radius 3 is 2.17 bits per heavy atom. The van der Waals surface area contributed by atoms with Crippen LogP contribution >= 0.6 is 0 Å². The number of nitrogens with zero attached hydrogens (tertiary/aromatic N) is 2. The second-order valence-electron chi connectivity index (χ2n) is 4.90. The standard InChI is InChI=1S/C18H18N2O3/c1-21-15-7-4-13(5-8-15)16-10-11-19-20(16)14-6-9-17(22-2)18(12-14)23-3/h4-12H,1-3H3. The molecular weight excluding hydrogens is 292 g/mol. The maximum atomic E-state index is 5.37. The van der Waals surface area contributed by atoms with E-state index in [1.54, 1.807) is 27.5 Å². The zero-order valence-electron chi connectivity index (χ0n) is 13.3. The summed E-state index contributed by atoms with van der Waals surface area (Å²) < 4.78 is 17.7. The van der Waals surface area contributed by atoms with Crippen LogP contribution in [0.15, 0.2) is 54.7 Å². The summed E-state index contributed by atoms with van der Waals surface area (Å²) >= 11 is 0. The first kappa shape index (κ1) is 15.0. The van der Waals surface area contributed by atoms with Gasteiger partial charge >= 0.3 is 0 Å². The summed E-state index contributed by atoms with van der Waals surface area (Å²) in [4.78, 5) is 0. The molecule has 0 aliphatic rings. The lowest BCUT2D eigenvalue weighted by Crippen LogP contribution is -2.00. The molecule has 0 spiro atoms. The molecule has 0 saturated carbocycles. The van der Waals surface area contributed by atoms with Crippen molar-refractivity contribution >= 4 is 0 Å². The maximum Gasteiger partial charge on any atom is 0.162 e. The van der Waals surface area contributed by atoms with Gasteiger partial charge in [0.1, 0.15) is 5.75 Å². The van der Waals surface area contributed by atoms with Gasteiger partial charge in [0.25, 0.3) is 0 Å². The van der Waals surface area contributed by atoms with Crippen LogP contribution in [0.5, 0.6) is 17.2 Å². The minimum Gasteiger partial charge on any atom is -0.497 e. The van der Waals surface area contributed by atoms with Crippen LogP contribution in [0.2, 0.25) is 0 Å². The highest BCUT2D eigenvalue weighted by molar-refractivity contribution is 5.63. The SMILES string of the molecule is COc1ccc(-c2ccnn2-c2ccc(OC)c(OC)c2)cc1. The number of benzene rings is 2. The third-order valence-electron chi connectivity index (χ3n) is 3.64. The predicted octanol–water partition coefficient (Wildman–Crippen LogP) is 3.57. The van der Waals surface area contributed by atoms with Crippen molar-refractivity contribution < 1.29 is 14.2 Å². The largest absolute Gasteiger partial charge is 0.497 e. The van der Waals surface area contributed by atoms with Gasteiger partial charge in [-0.3, -0.25) is 0 Å². The fourth-order valence-electron chi connectivity index (χ4n) is 2.45. The molecule has 0 atom stereocenters. The topological polar surface area (TPSA) is 45.5 Å². The van der Waals surface area contributed by atoms with Crippen LogP contribution < -0.4 is 14.2 Å². The Morgan fingerprint density at radius 1 is 0.783 bits per heavy atom. The Bertz CT molecular complexity index is 794. The molecule has 0 fully saturated rings. The molecule has 1 aromatic heterocycles. The molecule has 0 aliphatic carbocycles. The summed E-state index contributed by atoms with van der Waals surface area (Å²) in [6.07, 6.45) is 1.77. The molecule has 0 amide bonds. The molecule has 0 saturated heterocycles. The number of hydrogen-bond acceptors (Lipinski definition) is 4. The molecule has 0 N–H and O–H groups in total. The smallest absolute Gasteiger partial charge is 0.162 e. The molecule has 0 radical (unpaired) electrons. The fraction of sp³-hybridized carbons (Fsp3) is 0.167. The van der Waals surface area contributed by atoms with Gasteiger partial charge in [-0.05, 0) is 42.5 Å². The van der Waals surface area contributed by atoms with Crippen LogP contribution in [-0.2, 0) is 0 Å². The maximum absolute atomic E-state index is 5.37. The monoisotopic (exact) mass is 310 g/mol. The number of methoxy groups -OCH3 is 3. The van der Waals surface area contributed by atoms with E-state index in [4.69, 9.17) is 14.2 Å². The number of aromatic nitrogens is 2. The number of hydrogen-bond donors (Lipinski definition) is 0. The third kappa shape index (κ3) is 2.85. The summed E-state index contributed by atoms with van der Waals surface area (Å²) in [6, 6.07) is 15.6. The van der Waals surface area contributed by atoms with Crippen molar-refractivity contribution in [1.82, 2.24) is 9.78 Å². The van der Waals surface area contributed by atoms with Gasteiger partial charge in [0, 0.05) is 11.6 Å². The normalized spacial score (nSPS) is 10.4. The average Bonchev–Trinajstić information content (AvgIpc) is 3.10. The van der Waals surface area contributed by atoms with E-state index in [9.17, 15) is 0 Å². The zero-order valence-corrected chi connectivity index (χ0v) is 13.3. The van der Waals surface area contributed by atoms with Crippen LogP contribution in [0.25, 0.3) is 16.9 Å². The van der Waals surface area contributed by atoms with Gasteiger partial charge in [-0.1, -0.05) is 0 Å². The zero-order chi connectivity index (χ0) is 16.2. The minimum absolute atomic E-state index is 0.668. The highest BCUT2D eigenvalue weighted by Gasteiger charge is 2.11. The number of rotatable bonds is 5. The van der Waals surface area contributed by atoms with Crippen molar-refractivity contribution in [2.45, 2.75) is 0 Å². The molecule has 23 heavy (non-hydrogen) atoms. The van der Waals surface area contributed by atoms with Gasteiger partial charge in [-0.2, -0.15) is 5.10 Å². The van der Waals surface area contributed by atoms with Gasteiger partial charge < -0.3 is 14.2 Å². The van der Waals surface area contributed by atoms with Gasteiger partial charge in [-0.25, -0.2) is 4.68 Å². The van der Waals surface area contributed by atoms with Crippen LogP contribution in [0.4, 0.5) is 0 Å². The van der Waals surface area contributed by atoms with E-state index in [0.29, 0.717) is 11.5 Å². The molecule has 118 valence electrons. The molecule has 5 nitrogen and oxygen atoms in total. The van der Waals surface area contributed by atoms with Crippen LogP contribution in [-0.4, -0.2) is 31.1 Å². The first-order chi connectivity index (χ1) is 11.3. The predicted molar refractivity (Wildman–Crippen MR) is 88.7 cm³/mol. The van der Waals surface area contributed by atoms with E-state index in [1.165, 1.54) is 0 Å². The average molecular weight is 310 g/mol. The lowest BCUT2D eigenvalue weighted by molar-refractivity contribution is 0.355. The lowest BCUT2D eigenvalue weighted by Gasteiger charge is -2.12. The van der Waals surface area contributed by atoms with E-state index >= 15 is 0 Å². The molecule has 0 bridgehead atoms. The molecule has 1 heterocycles. The Morgan fingerprint density at radius 2 is 1.52 bits per heavy atom. The first-order valence-electron chi connectivity index (χ1n) is 7.17. The van der Waals surface area contributed by atoms with Crippen molar-refractivity contribution in [2.24, 2.45) is 0 Å². The highest BCUT2D eigenvalue weighted by Crippen LogP contribution is 2.31. The van der Waals surface area contributed by atoms with E-state index < -0.39 is 0 Å². The van der Waals surface area contributed by atoms with Crippen molar-refractivity contribution in [2.75, 3.05) is 21.3 Å². The Labute approximate surface area is 135 Å². The molecule has 0 unspecified atom stereocenters. The molecule has 5 heteroatoms.